The molecule has 1 atom stereocenters. The largest absolute Gasteiger partial charge is 0.292 e. The first-order valence-electron chi connectivity index (χ1n) is 7.96. The van der Waals surface area contributed by atoms with E-state index in [1.54, 1.807) is 0 Å². The molecule has 112 valence electrons. The third-order valence-electron chi connectivity index (χ3n) is 4.34. The highest BCUT2D eigenvalue weighted by Crippen LogP contribution is 2.32. The van der Waals surface area contributed by atoms with Gasteiger partial charge in [-0.05, 0) is 45.4 Å². The van der Waals surface area contributed by atoms with E-state index in [0.29, 0.717) is 12.1 Å². The first kappa shape index (κ1) is 14.3. The second kappa shape index (κ2) is 5.98. The Morgan fingerprint density at radius 3 is 2.95 bits per heavy atom. The molecule has 0 amide bonds. The van der Waals surface area contributed by atoms with Crippen LogP contribution in [0.25, 0.3) is 5.82 Å². The number of aryl methyl sites for hydroxylation is 1. The van der Waals surface area contributed by atoms with Crippen molar-refractivity contribution in [1.29, 1.82) is 0 Å². The average Bonchev–Trinajstić information content (AvgIpc) is 3.16. The highest BCUT2D eigenvalue weighted by Gasteiger charge is 2.28. The van der Waals surface area contributed by atoms with Crippen LogP contribution in [0.15, 0.2) is 30.6 Å². The molecule has 1 saturated heterocycles. The summed E-state index contributed by atoms with van der Waals surface area (Å²) in [6.45, 7) is 7.85. The summed E-state index contributed by atoms with van der Waals surface area (Å²) in [7, 11) is 0. The fraction of sp³-hybridized carbons (Fsp3) is 0.529. The molecule has 0 bridgehead atoms. The summed E-state index contributed by atoms with van der Waals surface area (Å²) in [5.41, 5.74) is 1.19. The van der Waals surface area contributed by atoms with E-state index in [2.05, 4.69) is 53.4 Å². The molecule has 0 aliphatic carbocycles. The number of hydrogen-bond acceptors (Lipinski definition) is 3. The van der Waals surface area contributed by atoms with Crippen molar-refractivity contribution in [3.63, 3.8) is 0 Å². The molecule has 4 heteroatoms. The fourth-order valence-electron chi connectivity index (χ4n) is 3.29. The predicted octanol–water partition coefficient (Wildman–Crippen LogP) is 3.38. The van der Waals surface area contributed by atoms with Gasteiger partial charge >= 0.3 is 0 Å². The maximum atomic E-state index is 4.92. The van der Waals surface area contributed by atoms with E-state index in [9.17, 15) is 0 Å². The third-order valence-corrected chi connectivity index (χ3v) is 4.34. The summed E-state index contributed by atoms with van der Waals surface area (Å²) in [5.74, 6) is 2.05. The van der Waals surface area contributed by atoms with Crippen molar-refractivity contribution in [2.45, 2.75) is 52.1 Å². The summed E-state index contributed by atoms with van der Waals surface area (Å²) < 4.78 is 2.10. The van der Waals surface area contributed by atoms with E-state index in [1.165, 1.54) is 25.1 Å². The molecule has 0 spiro atoms. The van der Waals surface area contributed by atoms with Crippen molar-refractivity contribution in [2.75, 3.05) is 6.54 Å². The quantitative estimate of drug-likeness (QED) is 0.863. The lowest BCUT2D eigenvalue weighted by molar-refractivity contribution is 0.202. The molecule has 0 radical (unpaired) electrons. The normalized spacial score (nSPS) is 19.5. The Balaban J connectivity index is 1.93. The van der Waals surface area contributed by atoms with Crippen molar-refractivity contribution in [3.8, 4) is 5.82 Å². The van der Waals surface area contributed by atoms with Crippen molar-refractivity contribution in [2.24, 2.45) is 0 Å². The van der Waals surface area contributed by atoms with Crippen LogP contribution in [0.3, 0.4) is 0 Å². The number of nitrogens with zero attached hydrogens (tertiary/aromatic N) is 4. The number of hydrogen-bond donors (Lipinski definition) is 0. The predicted molar refractivity (Wildman–Crippen MR) is 84.6 cm³/mol. The van der Waals surface area contributed by atoms with E-state index in [4.69, 9.17) is 4.98 Å². The third kappa shape index (κ3) is 2.72. The molecule has 4 nitrogen and oxygen atoms in total. The molecule has 1 fully saturated rings. The zero-order chi connectivity index (χ0) is 14.8. The second-order valence-corrected chi connectivity index (χ2v) is 5.98. The highest BCUT2D eigenvalue weighted by molar-refractivity contribution is 5.28. The highest BCUT2D eigenvalue weighted by atomic mass is 15.2. The van der Waals surface area contributed by atoms with Crippen LogP contribution < -0.4 is 0 Å². The monoisotopic (exact) mass is 284 g/mol. The molecule has 2 aromatic heterocycles. The van der Waals surface area contributed by atoms with E-state index >= 15 is 0 Å². The number of imidazole rings is 1. The van der Waals surface area contributed by atoms with Crippen LogP contribution in [0.2, 0.25) is 0 Å². The van der Waals surface area contributed by atoms with Crippen molar-refractivity contribution >= 4 is 0 Å². The Bertz CT molecular complexity index is 602. The Labute approximate surface area is 126 Å². The van der Waals surface area contributed by atoms with E-state index in [0.717, 1.165) is 18.1 Å². The van der Waals surface area contributed by atoms with Gasteiger partial charge < -0.3 is 0 Å². The molecule has 2 aromatic rings. The number of pyridine rings is 1. The van der Waals surface area contributed by atoms with Crippen LogP contribution in [0, 0.1) is 0 Å². The van der Waals surface area contributed by atoms with Crippen molar-refractivity contribution in [1.82, 2.24) is 19.4 Å². The molecule has 0 N–H and O–H groups in total. The van der Waals surface area contributed by atoms with Gasteiger partial charge in [0.05, 0.1) is 11.7 Å². The van der Waals surface area contributed by atoms with Crippen LogP contribution in [-0.2, 0) is 6.42 Å². The summed E-state index contributed by atoms with van der Waals surface area (Å²) in [4.78, 5) is 11.9. The van der Waals surface area contributed by atoms with Crippen molar-refractivity contribution < 1.29 is 0 Å². The van der Waals surface area contributed by atoms with Crippen LogP contribution in [-0.4, -0.2) is 32.0 Å². The standard InChI is InChI=1S/C17H24N4/c1-4-16-18-10-12-21(16)17-9-5-7-14(19-17)15-8-6-11-20(15)13(2)3/h5,7,9-10,12-13,15H,4,6,8,11H2,1-3H3/t15-/m1/s1. The van der Waals surface area contributed by atoms with Gasteiger partial charge in [-0.1, -0.05) is 13.0 Å². The molecule has 3 rings (SSSR count). The molecule has 0 unspecified atom stereocenters. The van der Waals surface area contributed by atoms with E-state index < -0.39 is 0 Å². The van der Waals surface area contributed by atoms with Gasteiger partial charge in [0.2, 0.25) is 0 Å². The Morgan fingerprint density at radius 2 is 2.19 bits per heavy atom. The molecule has 21 heavy (non-hydrogen) atoms. The molecular formula is C17H24N4. The van der Waals surface area contributed by atoms with Gasteiger partial charge in [0, 0.05) is 24.9 Å². The molecule has 1 aliphatic heterocycles. The molecule has 3 heterocycles. The first-order valence-corrected chi connectivity index (χ1v) is 7.96. The maximum Gasteiger partial charge on any atom is 0.138 e. The average molecular weight is 284 g/mol. The van der Waals surface area contributed by atoms with Gasteiger partial charge in [0.25, 0.3) is 0 Å². The van der Waals surface area contributed by atoms with Crippen LogP contribution in [0.4, 0.5) is 0 Å². The minimum Gasteiger partial charge on any atom is -0.292 e. The smallest absolute Gasteiger partial charge is 0.138 e. The van der Waals surface area contributed by atoms with E-state index in [1.807, 2.05) is 12.4 Å². The number of aromatic nitrogens is 3. The van der Waals surface area contributed by atoms with Crippen LogP contribution in [0.1, 0.15) is 51.2 Å². The maximum absolute atomic E-state index is 4.92. The summed E-state index contributed by atoms with van der Waals surface area (Å²) in [5, 5.41) is 0. The van der Waals surface area contributed by atoms with Crippen LogP contribution >= 0.6 is 0 Å². The fourth-order valence-corrected chi connectivity index (χ4v) is 3.29. The lowest BCUT2D eigenvalue weighted by Gasteiger charge is -2.28. The topological polar surface area (TPSA) is 34.0 Å². The van der Waals surface area contributed by atoms with Gasteiger partial charge in [-0.15, -0.1) is 0 Å². The number of rotatable bonds is 4. The Kier molecular flexibility index (Phi) is 4.06. The Hall–Kier alpha value is -1.68. The van der Waals surface area contributed by atoms with Gasteiger partial charge in [-0.3, -0.25) is 9.47 Å². The van der Waals surface area contributed by atoms with Gasteiger partial charge in [0.1, 0.15) is 11.6 Å². The molecule has 0 aromatic carbocycles. The minimum atomic E-state index is 0.457. The molecular weight excluding hydrogens is 260 g/mol. The lowest BCUT2D eigenvalue weighted by Crippen LogP contribution is -2.30. The zero-order valence-corrected chi connectivity index (χ0v) is 13.2. The summed E-state index contributed by atoms with van der Waals surface area (Å²) in [6, 6.07) is 7.38. The minimum absolute atomic E-state index is 0.457. The summed E-state index contributed by atoms with van der Waals surface area (Å²) in [6.07, 6.45) is 7.24. The molecule has 0 saturated carbocycles. The zero-order valence-electron chi connectivity index (χ0n) is 13.2. The SMILES string of the molecule is CCc1nccn1-c1cccc([C@H]2CCCN2C(C)C)n1. The molecule has 1 aliphatic rings. The first-order chi connectivity index (χ1) is 10.2. The van der Waals surface area contributed by atoms with Gasteiger partial charge in [0.15, 0.2) is 0 Å². The van der Waals surface area contributed by atoms with Gasteiger partial charge in [-0.25, -0.2) is 9.97 Å². The van der Waals surface area contributed by atoms with Gasteiger partial charge in [-0.2, -0.15) is 0 Å². The lowest BCUT2D eigenvalue weighted by atomic mass is 10.1. The van der Waals surface area contributed by atoms with Crippen molar-refractivity contribution in [3.05, 3.63) is 42.1 Å². The number of likely N-dealkylation sites (tertiary alicyclic amines) is 1. The summed E-state index contributed by atoms with van der Waals surface area (Å²) >= 11 is 0. The Morgan fingerprint density at radius 1 is 1.33 bits per heavy atom. The second-order valence-electron chi connectivity index (χ2n) is 5.98. The van der Waals surface area contributed by atoms with E-state index in [-0.39, 0.29) is 0 Å². The van der Waals surface area contributed by atoms with Crippen LogP contribution in [0.5, 0.6) is 0 Å².